The van der Waals surface area contributed by atoms with Gasteiger partial charge < -0.3 is 10.6 Å². The molecule has 0 bridgehead atoms. The zero-order valence-corrected chi connectivity index (χ0v) is 13.4. The molecule has 1 amide bonds. The van der Waals surface area contributed by atoms with Crippen LogP contribution >= 0.6 is 23.2 Å². The zero-order valence-electron chi connectivity index (χ0n) is 11.9. The van der Waals surface area contributed by atoms with Crippen LogP contribution in [0.2, 0.25) is 10.0 Å². The van der Waals surface area contributed by atoms with Crippen LogP contribution in [0.3, 0.4) is 0 Å². The lowest BCUT2D eigenvalue weighted by Gasteiger charge is -2.22. The summed E-state index contributed by atoms with van der Waals surface area (Å²) in [7, 11) is 0. The Hall–Kier alpha value is -1.55. The first kappa shape index (κ1) is 15.3. The van der Waals surface area contributed by atoms with Gasteiger partial charge in [-0.25, -0.2) is 0 Å². The summed E-state index contributed by atoms with van der Waals surface area (Å²) in [5.41, 5.74) is 2.16. The van der Waals surface area contributed by atoms with Crippen LogP contribution < -0.4 is 10.6 Å². The van der Waals surface area contributed by atoms with Gasteiger partial charge in [0.1, 0.15) is 0 Å². The van der Waals surface area contributed by atoms with Gasteiger partial charge in [0.15, 0.2) is 0 Å². The monoisotopic (exact) mass is 334 g/mol. The molecule has 2 atom stereocenters. The van der Waals surface area contributed by atoms with E-state index in [4.69, 9.17) is 23.2 Å². The predicted molar refractivity (Wildman–Crippen MR) is 89.1 cm³/mol. The SMILES string of the molecule is O=C1CC(c2ccc(Cl)cc2)NC(c2ccc(Cl)cc2)CN1. The van der Waals surface area contributed by atoms with E-state index in [9.17, 15) is 4.79 Å². The van der Waals surface area contributed by atoms with Crippen LogP contribution in [0.5, 0.6) is 0 Å². The highest BCUT2D eigenvalue weighted by Gasteiger charge is 2.25. The Bertz CT molecular complexity index is 655. The maximum absolute atomic E-state index is 12.0. The highest BCUT2D eigenvalue weighted by molar-refractivity contribution is 6.30. The van der Waals surface area contributed by atoms with Crippen LogP contribution in [0.15, 0.2) is 48.5 Å². The van der Waals surface area contributed by atoms with Crippen molar-refractivity contribution < 1.29 is 4.79 Å². The third-order valence-electron chi connectivity index (χ3n) is 3.84. The highest BCUT2D eigenvalue weighted by Crippen LogP contribution is 2.26. The zero-order chi connectivity index (χ0) is 15.5. The van der Waals surface area contributed by atoms with E-state index in [1.54, 1.807) is 0 Å². The van der Waals surface area contributed by atoms with Crippen molar-refractivity contribution in [3.63, 3.8) is 0 Å². The lowest BCUT2D eigenvalue weighted by atomic mass is 10.0. The van der Waals surface area contributed by atoms with Gasteiger partial charge in [0, 0.05) is 29.1 Å². The summed E-state index contributed by atoms with van der Waals surface area (Å²) >= 11 is 11.9. The molecule has 22 heavy (non-hydrogen) atoms. The Kier molecular flexibility index (Phi) is 4.67. The largest absolute Gasteiger partial charge is 0.354 e. The molecule has 1 aliphatic heterocycles. The molecule has 2 unspecified atom stereocenters. The van der Waals surface area contributed by atoms with E-state index < -0.39 is 0 Å². The van der Waals surface area contributed by atoms with Crippen LogP contribution in [0.1, 0.15) is 29.6 Å². The lowest BCUT2D eigenvalue weighted by Crippen LogP contribution is -2.29. The molecule has 0 saturated carbocycles. The smallest absolute Gasteiger partial charge is 0.221 e. The first-order valence-corrected chi connectivity index (χ1v) is 7.91. The molecule has 1 aliphatic rings. The Morgan fingerprint density at radius 2 is 1.32 bits per heavy atom. The minimum absolute atomic E-state index is 0.0413. The number of halogens is 2. The standard InChI is InChI=1S/C17H16Cl2N2O/c18-13-5-1-11(2-6-13)15-9-17(22)20-10-16(21-15)12-3-7-14(19)8-4-12/h1-8,15-16,21H,9-10H2,(H,20,22). The van der Waals surface area contributed by atoms with Crippen molar-refractivity contribution >= 4 is 29.1 Å². The third-order valence-corrected chi connectivity index (χ3v) is 4.34. The van der Waals surface area contributed by atoms with Crippen molar-refractivity contribution in [2.45, 2.75) is 18.5 Å². The second-order valence-electron chi connectivity index (χ2n) is 5.38. The quantitative estimate of drug-likeness (QED) is 0.874. The second-order valence-corrected chi connectivity index (χ2v) is 6.26. The molecular weight excluding hydrogens is 319 g/mol. The Morgan fingerprint density at radius 3 is 1.86 bits per heavy atom. The minimum atomic E-state index is -0.0413. The Balaban J connectivity index is 1.85. The van der Waals surface area contributed by atoms with Gasteiger partial charge in [0.05, 0.1) is 6.04 Å². The van der Waals surface area contributed by atoms with Crippen LogP contribution in [0.25, 0.3) is 0 Å². The molecule has 0 aliphatic carbocycles. The molecule has 0 spiro atoms. The predicted octanol–water partition coefficient (Wildman–Crippen LogP) is 3.89. The van der Waals surface area contributed by atoms with Gasteiger partial charge in [-0.05, 0) is 35.4 Å². The van der Waals surface area contributed by atoms with Crippen LogP contribution in [0, 0.1) is 0 Å². The fourth-order valence-corrected chi connectivity index (χ4v) is 2.90. The maximum Gasteiger partial charge on any atom is 0.221 e. The number of rotatable bonds is 2. The van der Waals surface area contributed by atoms with E-state index in [-0.39, 0.29) is 18.0 Å². The maximum atomic E-state index is 12.0. The molecule has 114 valence electrons. The number of benzene rings is 2. The van der Waals surface area contributed by atoms with Gasteiger partial charge in [-0.2, -0.15) is 0 Å². The van der Waals surface area contributed by atoms with Crippen LogP contribution in [0.4, 0.5) is 0 Å². The number of hydrogen-bond acceptors (Lipinski definition) is 2. The molecule has 0 aromatic heterocycles. The fraction of sp³-hybridized carbons (Fsp3) is 0.235. The van der Waals surface area contributed by atoms with Gasteiger partial charge in [0.2, 0.25) is 5.91 Å². The molecule has 1 saturated heterocycles. The molecule has 3 rings (SSSR count). The first-order valence-electron chi connectivity index (χ1n) is 7.15. The number of hydrogen-bond donors (Lipinski definition) is 2. The second kappa shape index (κ2) is 6.69. The molecule has 3 nitrogen and oxygen atoms in total. The summed E-state index contributed by atoms with van der Waals surface area (Å²) < 4.78 is 0. The van der Waals surface area contributed by atoms with Gasteiger partial charge in [0.25, 0.3) is 0 Å². The van der Waals surface area contributed by atoms with E-state index in [1.807, 2.05) is 48.5 Å². The summed E-state index contributed by atoms with van der Waals surface area (Å²) in [5, 5.41) is 7.90. The van der Waals surface area contributed by atoms with Crippen LogP contribution in [-0.4, -0.2) is 12.5 Å². The lowest BCUT2D eigenvalue weighted by molar-refractivity contribution is -0.121. The van der Waals surface area contributed by atoms with Crippen molar-refractivity contribution in [1.29, 1.82) is 0 Å². The molecule has 2 aromatic rings. The van der Waals surface area contributed by atoms with Gasteiger partial charge in [-0.15, -0.1) is 0 Å². The summed E-state index contributed by atoms with van der Waals surface area (Å²) in [4.78, 5) is 12.0. The van der Waals surface area contributed by atoms with Crippen molar-refractivity contribution in [3.05, 3.63) is 69.7 Å². The minimum Gasteiger partial charge on any atom is -0.354 e. The summed E-state index contributed by atoms with van der Waals surface area (Å²) in [6.45, 7) is 0.560. The van der Waals surface area contributed by atoms with E-state index in [1.165, 1.54) is 0 Å². The highest BCUT2D eigenvalue weighted by atomic mass is 35.5. The van der Waals surface area contributed by atoms with Gasteiger partial charge in [-0.3, -0.25) is 4.79 Å². The average Bonchev–Trinajstić information content (AvgIpc) is 2.71. The first-order chi connectivity index (χ1) is 10.6. The van der Waals surface area contributed by atoms with Crippen molar-refractivity contribution in [2.24, 2.45) is 0 Å². The van der Waals surface area contributed by atoms with E-state index in [0.717, 1.165) is 11.1 Å². The fourth-order valence-electron chi connectivity index (χ4n) is 2.65. The molecule has 2 aromatic carbocycles. The van der Waals surface area contributed by atoms with Gasteiger partial charge in [-0.1, -0.05) is 47.5 Å². The molecular formula is C17H16Cl2N2O. The normalized spacial score (nSPS) is 22.0. The van der Waals surface area contributed by atoms with E-state index >= 15 is 0 Å². The van der Waals surface area contributed by atoms with Crippen molar-refractivity contribution in [3.8, 4) is 0 Å². The van der Waals surface area contributed by atoms with E-state index in [2.05, 4.69) is 10.6 Å². The molecule has 1 fully saturated rings. The number of nitrogens with one attached hydrogen (secondary N) is 2. The summed E-state index contributed by atoms with van der Waals surface area (Å²) in [5.74, 6) is 0.0453. The van der Waals surface area contributed by atoms with Crippen molar-refractivity contribution in [1.82, 2.24) is 10.6 Å². The number of carbonyl (C=O) groups is 1. The summed E-state index contributed by atoms with van der Waals surface area (Å²) in [6, 6.07) is 15.3. The van der Waals surface area contributed by atoms with Crippen molar-refractivity contribution in [2.75, 3.05) is 6.54 Å². The molecule has 5 heteroatoms. The van der Waals surface area contributed by atoms with Crippen LogP contribution in [-0.2, 0) is 4.79 Å². The Morgan fingerprint density at radius 1 is 0.818 bits per heavy atom. The molecule has 2 N–H and O–H groups in total. The topological polar surface area (TPSA) is 41.1 Å². The molecule has 1 heterocycles. The average molecular weight is 335 g/mol. The molecule has 0 radical (unpaired) electrons. The third kappa shape index (κ3) is 3.61. The van der Waals surface area contributed by atoms with E-state index in [0.29, 0.717) is 23.0 Å². The number of amides is 1. The Labute approximate surface area is 139 Å². The number of carbonyl (C=O) groups excluding carboxylic acids is 1. The summed E-state index contributed by atoms with van der Waals surface area (Å²) in [6.07, 6.45) is 0.408. The van der Waals surface area contributed by atoms with Gasteiger partial charge >= 0.3 is 0 Å².